The summed E-state index contributed by atoms with van der Waals surface area (Å²) in [5.74, 6) is -0.302. The summed E-state index contributed by atoms with van der Waals surface area (Å²) in [4.78, 5) is 42.2. The molecule has 0 radical (unpaired) electrons. The number of rotatable bonds is 7. The fourth-order valence-corrected chi connectivity index (χ4v) is 4.03. The maximum absolute atomic E-state index is 13.4. The van der Waals surface area contributed by atoms with Gasteiger partial charge >= 0.3 is 0 Å². The molecule has 3 aromatic carbocycles. The minimum absolute atomic E-state index is 0.0668. The van der Waals surface area contributed by atoms with E-state index >= 15 is 0 Å². The van der Waals surface area contributed by atoms with Crippen molar-refractivity contribution in [3.63, 3.8) is 0 Å². The van der Waals surface area contributed by atoms with Crippen LogP contribution in [0.25, 0.3) is 0 Å². The fourth-order valence-electron chi connectivity index (χ4n) is 3.91. The Labute approximate surface area is 197 Å². The average Bonchev–Trinajstić information content (AvgIpc) is 3.14. The van der Waals surface area contributed by atoms with Crippen LogP contribution in [-0.2, 0) is 16.0 Å². The van der Waals surface area contributed by atoms with Crippen molar-refractivity contribution in [3.8, 4) is 5.75 Å². The molecule has 4 rings (SSSR count). The third-order valence-corrected chi connectivity index (χ3v) is 5.92. The van der Waals surface area contributed by atoms with Crippen LogP contribution < -0.4 is 9.64 Å². The molecule has 1 unspecified atom stereocenters. The first-order chi connectivity index (χ1) is 16.0. The SMILES string of the molecule is COc1ccc(CCN(C(=O)c2ccccc2)C2CC(=O)N(c3ccc(Cl)cc3)C2=O)cc1. The van der Waals surface area contributed by atoms with E-state index in [1.807, 2.05) is 30.3 Å². The molecule has 6 nitrogen and oxygen atoms in total. The Morgan fingerprint density at radius 3 is 2.30 bits per heavy atom. The number of amides is 3. The van der Waals surface area contributed by atoms with Gasteiger partial charge in [-0.05, 0) is 60.5 Å². The number of hydrogen-bond donors (Lipinski definition) is 0. The van der Waals surface area contributed by atoms with E-state index in [1.54, 1.807) is 55.6 Å². The molecular formula is C26H23ClN2O4. The van der Waals surface area contributed by atoms with E-state index in [0.717, 1.165) is 16.2 Å². The van der Waals surface area contributed by atoms with Gasteiger partial charge in [0.2, 0.25) is 5.91 Å². The van der Waals surface area contributed by atoms with Crippen LogP contribution in [0.5, 0.6) is 5.75 Å². The highest BCUT2D eigenvalue weighted by Crippen LogP contribution is 2.28. The Hall–Kier alpha value is -3.64. The van der Waals surface area contributed by atoms with E-state index < -0.39 is 11.9 Å². The largest absolute Gasteiger partial charge is 0.497 e. The first-order valence-corrected chi connectivity index (χ1v) is 11.0. The summed E-state index contributed by atoms with van der Waals surface area (Å²) in [7, 11) is 1.60. The van der Waals surface area contributed by atoms with Gasteiger partial charge in [-0.1, -0.05) is 41.9 Å². The molecule has 3 aromatic rings. The van der Waals surface area contributed by atoms with Crippen molar-refractivity contribution in [2.45, 2.75) is 18.9 Å². The molecule has 3 amide bonds. The average molecular weight is 463 g/mol. The van der Waals surface area contributed by atoms with Crippen LogP contribution in [0.15, 0.2) is 78.9 Å². The number of carbonyl (C=O) groups is 3. The van der Waals surface area contributed by atoms with Crippen LogP contribution in [-0.4, -0.2) is 42.3 Å². The molecule has 7 heteroatoms. The maximum Gasteiger partial charge on any atom is 0.257 e. The number of anilines is 1. The lowest BCUT2D eigenvalue weighted by molar-refractivity contribution is -0.122. The number of carbonyl (C=O) groups excluding carboxylic acids is 3. The molecule has 0 bridgehead atoms. The monoisotopic (exact) mass is 462 g/mol. The van der Waals surface area contributed by atoms with E-state index in [2.05, 4.69) is 0 Å². The van der Waals surface area contributed by atoms with Crippen LogP contribution in [0.3, 0.4) is 0 Å². The quantitative estimate of drug-likeness (QED) is 0.489. The Bertz CT molecular complexity index is 1150. The molecule has 1 aliphatic heterocycles. The zero-order valence-corrected chi connectivity index (χ0v) is 18.9. The normalized spacial score (nSPS) is 15.6. The zero-order chi connectivity index (χ0) is 23.4. The van der Waals surface area contributed by atoms with Gasteiger partial charge in [-0.2, -0.15) is 0 Å². The van der Waals surface area contributed by atoms with Crippen LogP contribution in [0.1, 0.15) is 22.3 Å². The van der Waals surface area contributed by atoms with Gasteiger partial charge in [0.15, 0.2) is 0 Å². The lowest BCUT2D eigenvalue weighted by atomic mass is 10.1. The van der Waals surface area contributed by atoms with Gasteiger partial charge in [0, 0.05) is 17.1 Å². The second-order valence-corrected chi connectivity index (χ2v) is 8.16. The molecule has 0 spiro atoms. The molecule has 1 fully saturated rings. The van der Waals surface area contributed by atoms with Crippen LogP contribution in [0.4, 0.5) is 5.69 Å². The van der Waals surface area contributed by atoms with E-state index in [4.69, 9.17) is 16.3 Å². The van der Waals surface area contributed by atoms with Crippen molar-refractivity contribution >= 4 is 35.0 Å². The Balaban J connectivity index is 1.60. The number of methoxy groups -OCH3 is 1. The highest BCUT2D eigenvalue weighted by Gasteiger charge is 2.44. The van der Waals surface area contributed by atoms with Gasteiger partial charge in [-0.15, -0.1) is 0 Å². The van der Waals surface area contributed by atoms with E-state index in [9.17, 15) is 14.4 Å². The van der Waals surface area contributed by atoms with Crippen LogP contribution in [0, 0.1) is 0 Å². The summed E-state index contributed by atoms with van der Waals surface area (Å²) in [6, 6.07) is 22.0. The molecule has 0 saturated carbocycles. The predicted octanol–water partition coefficient (Wildman–Crippen LogP) is 4.37. The molecular weight excluding hydrogens is 440 g/mol. The van der Waals surface area contributed by atoms with Gasteiger partial charge < -0.3 is 9.64 Å². The smallest absolute Gasteiger partial charge is 0.257 e. The lowest BCUT2D eigenvalue weighted by Gasteiger charge is -2.28. The summed E-state index contributed by atoms with van der Waals surface area (Å²) in [5, 5.41) is 0.509. The molecule has 0 N–H and O–H groups in total. The van der Waals surface area contributed by atoms with E-state index in [1.165, 1.54) is 4.90 Å². The molecule has 0 aliphatic carbocycles. The number of imide groups is 1. The highest BCUT2D eigenvalue weighted by molar-refractivity contribution is 6.31. The number of hydrogen-bond acceptors (Lipinski definition) is 4. The first kappa shape index (κ1) is 22.6. The standard InChI is InChI=1S/C26H23ClN2O4/c1-33-22-13-7-18(8-14-22)15-16-28(25(31)19-5-3-2-4-6-19)23-17-24(30)29(26(23)32)21-11-9-20(27)10-12-21/h2-14,23H,15-17H2,1H3. The van der Waals surface area contributed by atoms with Crippen LogP contribution in [0.2, 0.25) is 5.02 Å². The van der Waals surface area contributed by atoms with E-state index in [-0.39, 0.29) is 24.8 Å². The fraction of sp³-hybridized carbons (Fsp3) is 0.192. The van der Waals surface area contributed by atoms with Gasteiger partial charge in [0.05, 0.1) is 19.2 Å². The van der Waals surface area contributed by atoms with Gasteiger partial charge in [-0.25, -0.2) is 4.90 Å². The minimum Gasteiger partial charge on any atom is -0.497 e. The van der Waals surface area contributed by atoms with Gasteiger partial charge in [0.1, 0.15) is 11.8 Å². The number of halogens is 1. The highest BCUT2D eigenvalue weighted by atomic mass is 35.5. The molecule has 0 aromatic heterocycles. The van der Waals surface area contributed by atoms with E-state index in [0.29, 0.717) is 22.7 Å². The third-order valence-electron chi connectivity index (χ3n) is 5.67. The first-order valence-electron chi connectivity index (χ1n) is 10.6. The Kier molecular flexibility index (Phi) is 6.75. The molecule has 1 saturated heterocycles. The summed E-state index contributed by atoms with van der Waals surface area (Å²) in [5.41, 5.74) is 1.91. The molecule has 1 heterocycles. The molecule has 1 aliphatic rings. The van der Waals surface area contributed by atoms with Gasteiger partial charge in [0.25, 0.3) is 11.8 Å². The van der Waals surface area contributed by atoms with Crippen LogP contribution >= 0.6 is 11.6 Å². The zero-order valence-electron chi connectivity index (χ0n) is 18.1. The molecule has 33 heavy (non-hydrogen) atoms. The Morgan fingerprint density at radius 2 is 1.67 bits per heavy atom. The summed E-state index contributed by atoms with van der Waals surface area (Å²) in [6.45, 7) is 0.290. The van der Waals surface area contributed by atoms with Crippen molar-refractivity contribution in [2.75, 3.05) is 18.6 Å². The lowest BCUT2D eigenvalue weighted by Crippen LogP contribution is -2.46. The molecule has 168 valence electrons. The van der Waals surface area contributed by atoms with Crippen molar-refractivity contribution in [2.24, 2.45) is 0 Å². The van der Waals surface area contributed by atoms with Crippen molar-refractivity contribution in [1.29, 1.82) is 0 Å². The predicted molar refractivity (Wildman–Crippen MR) is 127 cm³/mol. The van der Waals surface area contributed by atoms with Gasteiger partial charge in [-0.3, -0.25) is 14.4 Å². The minimum atomic E-state index is -0.876. The summed E-state index contributed by atoms with van der Waals surface area (Å²) < 4.78 is 5.20. The number of benzene rings is 3. The summed E-state index contributed by atoms with van der Waals surface area (Å²) in [6.07, 6.45) is 0.462. The van der Waals surface area contributed by atoms with Crippen molar-refractivity contribution in [3.05, 3.63) is 95.0 Å². The van der Waals surface area contributed by atoms with Crippen molar-refractivity contribution in [1.82, 2.24) is 4.90 Å². The second kappa shape index (κ2) is 9.88. The third kappa shape index (κ3) is 4.91. The Morgan fingerprint density at radius 1 is 1.00 bits per heavy atom. The topological polar surface area (TPSA) is 66.9 Å². The second-order valence-electron chi connectivity index (χ2n) is 7.73. The summed E-state index contributed by atoms with van der Waals surface area (Å²) >= 11 is 5.95. The molecule has 1 atom stereocenters. The van der Waals surface area contributed by atoms with Crippen molar-refractivity contribution < 1.29 is 19.1 Å². The number of nitrogens with zero attached hydrogens (tertiary/aromatic N) is 2. The number of ether oxygens (including phenoxy) is 1. The maximum atomic E-state index is 13.4.